The molecule has 0 bridgehead atoms. The van der Waals surface area contributed by atoms with Gasteiger partial charge in [0.15, 0.2) is 9.84 Å². The van der Waals surface area contributed by atoms with Gasteiger partial charge in [-0.1, -0.05) is 0 Å². The van der Waals surface area contributed by atoms with Crippen molar-refractivity contribution in [3.05, 3.63) is 34.3 Å². The van der Waals surface area contributed by atoms with Crippen LogP contribution in [0.1, 0.15) is 28.4 Å². The van der Waals surface area contributed by atoms with Gasteiger partial charge in [0.2, 0.25) is 0 Å². The molecule has 6 nitrogen and oxygen atoms in total. The van der Waals surface area contributed by atoms with Gasteiger partial charge in [-0.2, -0.15) is 16.4 Å². The number of nitrogens with zero attached hydrogens (tertiary/aromatic N) is 2. The number of rotatable bonds is 3. The highest BCUT2D eigenvalue weighted by Gasteiger charge is 2.32. The van der Waals surface area contributed by atoms with Gasteiger partial charge in [-0.3, -0.25) is 9.89 Å². The van der Waals surface area contributed by atoms with Gasteiger partial charge < -0.3 is 4.90 Å². The van der Waals surface area contributed by atoms with Gasteiger partial charge in [-0.15, -0.1) is 0 Å². The third-order valence-corrected chi connectivity index (χ3v) is 5.49. The van der Waals surface area contributed by atoms with Crippen LogP contribution < -0.4 is 0 Å². The van der Waals surface area contributed by atoms with Crippen molar-refractivity contribution in [3.8, 4) is 0 Å². The van der Waals surface area contributed by atoms with E-state index in [1.54, 1.807) is 11.0 Å². The van der Waals surface area contributed by atoms with Crippen LogP contribution in [0.25, 0.3) is 0 Å². The van der Waals surface area contributed by atoms with Crippen molar-refractivity contribution in [2.24, 2.45) is 0 Å². The van der Waals surface area contributed by atoms with Gasteiger partial charge in [0.1, 0.15) is 4.90 Å². The molecule has 1 atom stereocenters. The molecule has 1 aliphatic heterocycles. The van der Waals surface area contributed by atoms with Crippen LogP contribution in [-0.2, 0) is 9.84 Å². The fourth-order valence-electron chi connectivity index (χ4n) is 2.62. The lowest BCUT2D eigenvalue weighted by molar-refractivity contribution is 0.0791. The summed E-state index contributed by atoms with van der Waals surface area (Å²) in [6.45, 7) is 1.14. The molecule has 112 valence electrons. The van der Waals surface area contributed by atoms with E-state index in [0.29, 0.717) is 24.3 Å². The first-order chi connectivity index (χ1) is 9.97. The average Bonchev–Trinajstić information content (AvgIpc) is 3.16. The van der Waals surface area contributed by atoms with Crippen LogP contribution in [0.4, 0.5) is 0 Å². The first-order valence-corrected chi connectivity index (χ1v) is 9.35. The third-order valence-electron chi connectivity index (χ3n) is 3.68. The molecule has 0 aliphatic carbocycles. The molecule has 0 radical (unpaired) electrons. The molecular weight excluding hydrogens is 310 g/mol. The summed E-state index contributed by atoms with van der Waals surface area (Å²) >= 11 is 1.49. The predicted molar refractivity (Wildman–Crippen MR) is 79.3 cm³/mol. The van der Waals surface area contributed by atoms with Gasteiger partial charge in [-0.05, 0) is 17.9 Å². The summed E-state index contributed by atoms with van der Waals surface area (Å²) in [4.78, 5) is 14.3. The second-order valence-corrected chi connectivity index (χ2v) is 7.93. The second-order valence-electron chi connectivity index (χ2n) is 5.17. The van der Waals surface area contributed by atoms with Gasteiger partial charge in [-0.25, -0.2) is 8.42 Å². The van der Waals surface area contributed by atoms with Crippen LogP contribution in [0, 0.1) is 0 Å². The van der Waals surface area contributed by atoms with Crippen molar-refractivity contribution < 1.29 is 13.2 Å². The number of hydrogen-bond donors (Lipinski definition) is 1. The third kappa shape index (κ3) is 2.73. The maximum Gasteiger partial charge on any atom is 0.254 e. The number of H-pyrrole nitrogens is 1. The normalized spacial score (nSPS) is 19.1. The number of nitrogens with one attached hydrogen (secondary N) is 1. The molecule has 0 spiro atoms. The lowest BCUT2D eigenvalue weighted by Crippen LogP contribution is -2.28. The molecule has 2 aromatic rings. The number of sulfone groups is 1. The molecule has 1 saturated heterocycles. The maximum atomic E-state index is 12.3. The van der Waals surface area contributed by atoms with Gasteiger partial charge in [0, 0.05) is 30.6 Å². The Hall–Kier alpha value is -1.67. The molecule has 0 unspecified atom stereocenters. The molecule has 8 heteroatoms. The first kappa shape index (κ1) is 14.3. The maximum absolute atomic E-state index is 12.3. The largest absolute Gasteiger partial charge is 0.338 e. The Labute approximate surface area is 126 Å². The van der Waals surface area contributed by atoms with Gasteiger partial charge in [0.25, 0.3) is 5.91 Å². The number of thiophene rings is 1. The Morgan fingerprint density at radius 2 is 2.33 bits per heavy atom. The summed E-state index contributed by atoms with van der Waals surface area (Å²) in [6.07, 6.45) is 3.25. The van der Waals surface area contributed by atoms with Crippen molar-refractivity contribution in [1.82, 2.24) is 15.1 Å². The van der Waals surface area contributed by atoms with E-state index < -0.39 is 9.84 Å². The van der Waals surface area contributed by atoms with E-state index in [-0.39, 0.29) is 16.7 Å². The molecular formula is C13H15N3O3S2. The van der Waals surface area contributed by atoms with Crippen molar-refractivity contribution in [2.75, 3.05) is 19.3 Å². The van der Waals surface area contributed by atoms with Crippen LogP contribution in [0.3, 0.4) is 0 Å². The Bertz CT molecular complexity index is 749. The summed E-state index contributed by atoms with van der Waals surface area (Å²) in [5.74, 6) is -0.0148. The van der Waals surface area contributed by atoms with Crippen molar-refractivity contribution >= 4 is 27.1 Å². The fraction of sp³-hybridized carbons (Fsp3) is 0.385. The lowest BCUT2D eigenvalue weighted by Gasteiger charge is -2.15. The van der Waals surface area contributed by atoms with Gasteiger partial charge in [0.05, 0.1) is 17.5 Å². The van der Waals surface area contributed by atoms with Crippen molar-refractivity contribution in [1.29, 1.82) is 0 Å². The predicted octanol–water partition coefficient (Wildman–Crippen LogP) is 1.50. The number of likely N-dealkylation sites (tertiary alicyclic amines) is 1. The minimum Gasteiger partial charge on any atom is -0.338 e. The zero-order chi connectivity index (χ0) is 15.0. The Morgan fingerprint density at radius 1 is 1.52 bits per heavy atom. The number of carbonyl (C=O) groups is 1. The van der Waals surface area contributed by atoms with Gasteiger partial charge >= 0.3 is 0 Å². The van der Waals surface area contributed by atoms with E-state index in [9.17, 15) is 13.2 Å². The molecule has 21 heavy (non-hydrogen) atoms. The highest BCUT2D eigenvalue weighted by atomic mass is 32.2. The van der Waals surface area contributed by atoms with Crippen LogP contribution in [0.2, 0.25) is 0 Å². The van der Waals surface area contributed by atoms with Crippen LogP contribution in [0.15, 0.2) is 27.9 Å². The van der Waals surface area contributed by atoms with E-state index in [4.69, 9.17) is 0 Å². The first-order valence-electron chi connectivity index (χ1n) is 6.51. The number of hydrogen-bond acceptors (Lipinski definition) is 5. The monoisotopic (exact) mass is 325 g/mol. The smallest absolute Gasteiger partial charge is 0.254 e. The lowest BCUT2D eigenvalue weighted by atomic mass is 10.1. The molecule has 0 aromatic carbocycles. The molecule has 1 N–H and O–H groups in total. The molecule has 0 saturated carbocycles. The Kier molecular flexibility index (Phi) is 3.58. The Balaban J connectivity index is 1.79. The average molecular weight is 325 g/mol. The minimum atomic E-state index is -3.30. The van der Waals surface area contributed by atoms with Crippen LogP contribution in [0.5, 0.6) is 0 Å². The van der Waals surface area contributed by atoms with Crippen molar-refractivity contribution in [2.45, 2.75) is 17.2 Å². The zero-order valence-corrected chi connectivity index (χ0v) is 13.1. The summed E-state index contributed by atoms with van der Waals surface area (Å²) in [5, 5.41) is 10.3. The summed E-state index contributed by atoms with van der Waals surface area (Å²) < 4.78 is 23.5. The molecule has 1 aliphatic rings. The summed E-state index contributed by atoms with van der Waals surface area (Å²) in [7, 11) is -3.30. The molecule has 3 heterocycles. The van der Waals surface area contributed by atoms with E-state index in [1.165, 1.54) is 23.8 Å². The van der Waals surface area contributed by atoms with E-state index in [1.807, 2.05) is 10.8 Å². The fourth-order valence-corrected chi connectivity index (χ4v) is 4.11. The standard InChI is InChI=1S/C13H15N3O3S2/c1-21(18,19)11-6-14-15-12(11)9-2-4-16(7-9)13(17)10-3-5-20-8-10/h3,5-6,8-9H,2,4,7H2,1H3,(H,14,15)/t9-/m0/s1. The van der Waals surface area contributed by atoms with E-state index in [0.717, 1.165) is 6.42 Å². The summed E-state index contributed by atoms with van der Waals surface area (Å²) in [6, 6.07) is 1.80. The molecule has 1 fully saturated rings. The number of aromatic amines is 1. The second kappa shape index (κ2) is 5.27. The molecule has 3 rings (SSSR count). The highest BCUT2D eigenvalue weighted by molar-refractivity contribution is 7.90. The molecule has 2 aromatic heterocycles. The van der Waals surface area contributed by atoms with Crippen molar-refractivity contribution in [3.63, 3.8) is 0 Å². The van der Waals surface area contributed by atoms with Crippen LogP contribution >= 0.6 is 11.3 Å². The quantitative estimate of drug-likeness (QED) is 0.927. The number of aromatic nitrogens is 2. The van der Waals surface area contributed by atoms with E-state index in [2.05, 4.69) is 10.2 Å². The number of carbonyl (C=O) groups excluding carboxylic acids is 1. The van der Waals surface area contributed by atoms with E-state index >= 15 is 0 Å². The SMILES string of the molecule is CS(=O)(=O)c1cn[nH]c1[C@H]1CCN(C(=O)c2ccsc2)C1. The van der Waals surface area contributed by atoms with Crippen LogP contribution in [-0.4, -0.2) is 48.8 Å². The topological polar surface area (TPSA) is 83.1 Å². The Morgan fingerprint density at radius 3 is 3.00 bits per heavy atom. The highest BCUT2D eigenvalue weighted by Crippen LogP contribution is 2.30. The minimum absolute atomic E-state index is 0.000768. The summed E-state index contributed by atoms with van der Waals surface area (Å²) in [5.41, 5.74) is 1.30. The molecule has 1 amide bonds. The zero-order valence-electron chi connectivity index (χ0n) is 11.4. The number of amides is 1.